The monoisotopic (exact) mass is 513 g/mol. The first-order chi connectivity index (χ1) is 15.7. The number of alkyl halides is 3. The van der Waals surface area contributed by atoms with Gasteiger partial charge in [-0.25, -0.2) is 8.42 Å². The minimum Gasteiger partial charge on any atom is -0.458 e. The van der Waals surface area contributed by atoms with E-state index in [2.05, 4.69) is 9.46 Å². The summed E-state index contributed by atoms with van der Waals surface area (Å²) in [5, 5.41) is -0.349. The van der Waals surface area contributed by atoms with Crippen LogP contribution in [0, 0.1) is 29.1 Å². The van der Waals surface area contributed by atoms with Gasteiger partial charge in [-0.05, 0) is 88.9 Å². The zero-order valence-corrected chi connectivity index (χ0v) is 22.2. The number of sulfonamides is 1. The summed E-state index contributed by atoms with van der Waals surface area (Å²) in [7, 11) is -1.70. The van der Waals surface area contributed by atoms with Crippen LogP contribution in [0.15, 0.2) is 0 Å². The highest BCUT2D eigenvalue weighted by Gasteiger charge is 2.62. The molecule has 0 aliphatic heterocycles. The number of nitrogens with one attached hydrogen (secondary N) is 1. The van der Waals surface area contributed by atoms with E-state index in [0.717, 1.165) is 32.6 Å². The molecule has 0 radical (unpaired) electrons. The number of esters is 1. The smallest absolute Gasteiger partial charge is 0.404 e. The highest BCUT2D eigenvalue weighted by atomic mass is 32.2. The summed E-state index contributed by atoms with van der Waals surface area (Å²) in [5.41, 5.74) is -3.06. The molecule has 4 fully saturated rings. The Morgan fingerprint density at radius 2 is 1.56 bits per heavy atom. The lowest BCUT2D eigenvalue weighted by atomic mass is 9.49. The van der Waals surface area contributed by atoms with Crippen molar-refractivity contribution in [2.45, 2.75) is 103 Å². The van der Waals surface area contributed by atoms with E-state index in [1.165, 1.54) is 20.5 Å². The fourth-order valence-corrected chi connectivity index (χ4v) is 7.05. The topological polar surface area (TPSA) is 81.7 Å². The van der Waals surface area contributed by atoms with Crippen LogP contribution >= 0.6 is 0 Å². The number of hydrogen-bond acceptors (Lipinski definition) is 5. The zero-order chi connectivity index (χ0) is 25.9. The molecular formula is C24H42F3NO5S. The SMILES string of the molecule is CCC(C)S(=O)(=O)NCOC.CCC1(OC(=O)C(C)(CC)C(F)(F)F)C2CC3CC(C2)CC1C3. The fraction of sp³-hybridized carbons (Fsp3) is 0.958. The van der Waals surface area contributed by atoms with Crippen LogP contribution in [-0.2, 0) is 24.3 Å². The fourth-order valence-electron chi connectivity index (χ4n) is 6.05. The van der Waals surface area contributed by atoms with Crippen LogP contribution in [0.5, 0.6) is 0 Å². The Balaban J connectivity index is 0.000000316. The van der Waals surface area contributed by atoms with E-state index in [1.54, 1.807) is 6.92 Å². The third-order valence-corrected chi connectivity index (χ3v) is 10.6. The van der Waals surface area contributed by atoms with Gasteiger partial charge in [0.25, 0.3) is 0 Å². The first-order valence-corrected chi connectivity index (χ1v) is 14.0. The van der Waals surface area contributed by atoms with Crippen LogP contribution in [-0.4, -0.2) is 45.3 Å². The number of carbonyl (C=O) groups excluding carboxylic acids is 1. The molecule has 2 atom stereocenters. The predicted molar refractivity (Wildman–Crippen MR) is 124 cm³/mol. The molecule has 0 spiro atoms. The molecule has 4 aliphatic carbocycles. The van der Waals surface area contributed by atoms with Gasteiger partial charge < -0.3 is 9.47 Å². The maximum atomic E-state index is 13.4. The third kappa shape index (κ3) is 5.75. The Morgan fingerprint density at radius 3 is 1.91 bits per heavy atom. The number of methoxy groups -OCH3 is 1. The van der Waals surface area contributed by atoms with E-state index in [9.17, 15) is 26.4 Å². The molecule has 4 rings (SSSR count). The van der Waals surface area contributed by atoms with Crippen LogP contribution < -0.4 is 4.72 Å². The van der Waals surface area contributed by atoms with Crippen molar-refractivity contribution in [3.63, 3.8) is 0 Å². The van der Waals surface area contributed by atoms with Crippen molar-refractivity contribution in [1.29, 1.82) is 0 Å². The summed E-state index contributed by atoms with van der Waals surface area (Å²) in [6.45, 7) is 7.90. The van der Waals surface area contributed by atoms with E-state index in [0.29, 0.717) is 24.7 Å². The van der Waals surface area contributed by atoms with Gasteiger partial charge in [0.2, 0.25) is 10.0 Å². The molecule has 34 heavy (non-hydrogen) atoms. The maximum Gasteiger partial charge on any atom is 0.404 e. The number of hydrogen-bond donors (Lipinski definition) is 1. The van der Waals surface area contributed by atoms with Crippen LogP contribution in [0.3, 0.4) is 0 Å². The Bertz CT molecular complexity index is 773. The highest BCUT2D eigenvalue weighted by Crippen LogP contribution is 2.61. The van der Waals surface area contributed by atoms with Gasteiger partial charge in [-0.1, -0.05) is 20.8 Å². The molecule has 1 N–H and O–H groups in total. The summed E-state index contributed by atoms with van der Waals surface area (Å²) >= 11 is 0. The van der Waals surface area contributed by atoms with E-state index in [4.69, 9.17) is 4.74 Å². The molecule has 0 aromatic rings. The second-order valence-electron chi connectivity index (χ2n) is 10.5. The molecule has 4 saturated carbocycles. The van der Waals surface area contributed by atoms with E-state index in [1.807, 2.05) is 13.8 Å². The van der Waals surface area contributed by atoms with E-state index in [-0.39, 0.29) is 30.2 Å². The largest absolute Gasteiger partial charge is 0.458 e. The molecule has 0 amide bonds. The Labute approximate surface area is 202 Å². The molecule has 0 saturated heterocycles. The Morgan fingerprint density at radius 1 is 1.06 bits per heavy atom. The third-order valence-electron chi connectivity index (χ3n) is 8.65. The summed E-state index contributed by atoms with van der Waals surface area (Å²) in [4.78, 5) is 12.6. The first-order valence-electron chi connectivity index (χ1n) is 12.5. The number of carbonyl (C=O) groups is 1. The molecule has 4 bridgehead atoms. The molecule has 6 nitrogen and oxygen atoms in total. The van der Waals surface area contributed by atoms with Gasteiger partial charge in [-0.3, -0.25) is 4.79 Å². The minimum atomic E-state index is -4.57. The van der Waals surface area contributed by atoms with Crippen LogP contribution in [0.1, 0.15) is 86.0 Å². The van der Waals surface area contributed by atoms with Gasteiger partial charge in [0, 0.05) is 7.11 Å². The molecule has 10 heteroatoms. The second-order valence-corrected chi connectivity index (χ2v) is 12.7. The lowest BCUT2D eigenvalue weighted by Gasteiger charge is -2.60. The number of rotatable bonds is 9. The van der Waals surface area contributed by atoms with Gasteiger partial charge in [0.05, 0.1) is 5.25 Å². The molecule has 2 unspecified atom stereocenters. The summed E-state index contributed by atoms with van der Waals surface area (Å²) in [6, 6.07) is 0. The van der Waals surface area contributed by atoms with Crippen LogP contribution in [0.4, 0.5) is 13.2 Å². The standard InChI is InChI=1S/C18H27F3O2.C6H15NO3S/c1-4-16(3,18(19,20)21)15(22)23-17(5-2)13-7-11-6-12(9-13)10-14(17)8-11;1-4-6(2)11(8,9)7-5-10-3/h11-14H,4-10H2,1-3H3;6-7H,4-5H2,1-3H3. The van der Waals surface area contributed by atoms with Gasteiger partial charge >= 0.3 is 12.1 Å². The molecular weight excluding hydrogens is 471 g/mol. The lowest BCUT2D eigenvalue weighted by molar-refractivity contribution is -0.256. The average Bonchev–Trinajstić information content (AvgIpc) is 2.78. The highest BCUT2D eigenvalue weighted by molar-refractivity contribution is 7.90. The van der Waals surface area contributed by atoms with Crippen molar-refractivity contribution >= 4 is 16.0 Å². The van der Waals surface area contributed by atoms with E-state index >= 15 is 0 Å². The number of ether oxygens (including phenoxy) is 2. The van der Waals surface area contributed by atoms with Crippen molar-refractivity contribution < 1.29 is 35.9 Å². The lowest BCUT2D eigenvalue weighted by Crippen LogP contribution is -2.61. The molecule has 0 heterocycles. The molecule has 0 aromatic heterocycles. The summed E-state index contributed by atoms with van der Waals surface area (Å²) < 4.78 is 75.1. The maximum absolute atomic E-state index is 13.4. The first kappa shape index (κ1) is 29.4. The van der Waals surface area contributed by atoms with Gasteiger partial charge in [0.1, 0.15) is 12.3 Å². The minimum absolute atomic E-state index is 0.0483. The Hall–Kier alpha value is -0.870. The normalized spacial score (nSPS) is 33.0. The molecule has 200 valence electrons. The van der Waals surface area contributed by atoms with Crippen LogP contribution in [0.2, 0.25) is 0 Å². The Kier molecular flexibility index (Phi) is 9.53. The summed E-state index contributed by atoms with van der Waals surface area (Å²) in [6.07, 6.45) is 1.72. The van der Waals surface area contributed by atoms with Gasteiger partial charge in [-0.2, -0.15) is 17.9 Å². The molecule has 4 aliphatic rings. The number of halogens is 3. The van der Waals surface area contributed by atoms with Gasteiger partial charge in [0.15, 0.2) is 5.41 Å². The van der Waals surface area contributed by atoms with Gasteiger partial charge in [-0.15, -0.1) is 0 Å². The predicted octanol–water partition coefficient (Wildman–Crippen LogP) is 5.42. The molecule has 0 aromatic carbocycles. The van der Waals surface area contributed by atoms with E-state index < -0.39 is 33.2 Å². The average molecular weight is 514 g/mol. The quantitative estimate of drug-likeness (QED) is 0.329. The second kappa shape index (κ2) is 11.0. The van der Waals surface area contributed by atoms with Crippen molar-refractivity contribution in [2.75, 3.05) is 13.8 Å². The van der Waals surface area contributed by atoms with Crippen LogP contribution in [0.25, 0.3) is 0 Å². The zero-order valence-electron chi connectivity index (χ0n) is 21.3. The van der Waals surface area contributed by atoms with Crippen molar-refractivity contribution in [3.05, 3.63) is 0 Å². The van der Waals surface area contributed by atoms with Crippen molar-refractivity contribution in [3.8, 4) is 0 Å². The summed E-state index contributed by atoms with van der Waals surface area (Å²) in [5.74, 6) is 0.818. The van der Waals surface area contributed by atoms with Crippen molar-refractivity contribution in [1.82, 2.24) is 4.72 Å². The van der Waals surface area contributed by atoms with Crippen molar-refractivity contribution in [2.24, 2.45) is 29.1 Å².